The van der Waals surface area contributed by atoms with Crippen molar-refractivity contribution < 1.29 is 19.4 Å². The Kier molecular flexibility index (Phi) is 4.29. The average Bonchev–Trinajstić information content (AvgIpc) is 3.11. The Hall–Kier alpha value is -1.30. The number of carbonyl (C=O) groups is 2. The summed E-state index contributed by atoms with van der Waals surface area (Å²) in [5, 5.41) is 8.77. The van der Waals surface area contributed by atoms with E-state index >= 15 is 0 Å². The highest BCUT2D eigenvalue weighted by atomic mass is 16.5. The Morgan fingerprint density at radius 2 is 1.84 bits per heavy atom. The fraction of sp³-hybridized carbons (Fsp3) is 0.846. The normalized spacial score (nSPS) is 27.2. The van der Waals surface area contributed by atoms with Crippen LogP contribution in [0.5, 0.6) is 0 Å². The minimum absolute atomic E-state index is 0.0116. The predicted molar refractivity (Wildman–Crippen MR) is 69.0 cm³/mol. The molecule has 0 aromatic rings. The largest absolute Gasteiger partial charge is 0.481 e. The second-order valence-electron chi connectivity index (χ2n) is 5.51. The van der Waals surface area contributed by atoms with Crippen molar-refractivity contribution in [3.63, 3.8) is 0 Å². The Bertz CT molecular complexity index is 347. The molecule has 1 aliphatic heterocycles. The second kappa shape index (κ2) is 5.77. The van der Waals surface area contributed by atoms with Crippen LogP contribution in [-0.4, -0.2) is 64.8 Å². The lowest BCUT2D eigenvalue weighted by Crippen LogP contribution is -2.53. The number of hydrogen-bond acceptors (Lipinski definition) is 3. The summed E-state index contributed by atoms with van der Waals surface area (Å²) in [6.45, 7) is 5.38. The van der Waals surface area contributed by atoms with Gasteiger partial charge in [0.15, 0.2) is 0 Å². The minimum Gasteiger partial charge on any atom is -0.481 e. The Morgan fingerprint density at radius 3 is 2.32 bits per heavy atom. The second-order valence-corrected chi connectivity index (χ2v) is 5.51. The molecule has 2 aliphatic rings. The highest BCUT2D eigenvalue weighted by Gasteiger charge is 2.37. The number of hydrogen-bond donors (Lipinski definition) is 1. The molecule has 1 saturated heterocycles. The molecule has 6 nitrogen and oxygen atoms in total. The van der Waals surface area contributed by atoms with Crippen molar-refractivity contribution >= 4 is 12.0 Å². The summed E-state index contributed by atoms with van der Waals surface area (Å²) >= 11 is 0. The summed E-state index contributed by atoms with van der Waals surface area (Å²) in [7, 11) is 0. The molecule has 2 amide bonds. The Balaban J connectivity index is 1.96. The van der Waals surface area contributed by atoms with E-state index in [0.717, 1.165) is 12.8 Å². The number of nitrogens with zero attached hydrogens (tertiary/aromatic N) is 2. The van der Waals surface area contributed by atoms with E-state index in [-0.39, 0.29) is 30.7 Å². The van der Waals surface area contributed by atoms with E-state index in [4.69, 9.17) is 9.84 Å². The van der Waals surface area contributed by atoms with E-state index in [1.54, 1.807) is 9.80 Å². The van der Waals surface area contributed by atoms with Gasteiger partial charge in [-0.15, -0.1) is 0 Å². The third-order valence-electron chi connectivity index (χ3n) is 3.49. The predicted octanol–water partition coefficient (Wildman–Crippen LogP) is 1.15. The van der Waals surface area contributed by atoms with E-state index in [2.05, 4.69) is 0 Å². The van der Waals surface area contributed by atoms with E-state index in [1.165, 1.54) is 0 Å². The lowest BCUT2D eigenvalue weighted by molar-refractivity contribution is -0.137. The van der Waals surface area contributed by atoms with Gasteiger partial charge in [-0.2, -0.15) is 0 Å². The van der Waals surface area contributed by atoms with Gasteiger partial charge in [-0.05, 0) is 26.7 Å². The van der Waals surface area contributed by atoms with Crippen molar-refractivity contribution in [1.82, 2.24) is 9.80 Å². The van der Waals surface area contributed by atoms with Gasteiger partial charge in [0.2, 0.25) is 0 Å². The van der Waals surface area contributed by atoms with Crippen molar-refractivity contribution in [1.29, 1.82) is 0 Å². The molecule has 0 spiro atoms. The fourth-order valence-corrected chi connectivity index (χ4v) is 2.55. The molecular weight excluding hydrogens is 248 g/mol. The molecule has 2 fully saturated rings. The molecule has 2 unspecified atom stereocenters. The first kappa shape index (κ1) is 14.1. The zero-order chi connectivity index (χ0) is 14.0. The van der Waals surface area contributed by atoms with Crippen molar-refractivity contribution in [3.05, 3.63) is 0 Å². The fourth-order valence-electron chi connectivity index (χ4n) is 2.55. The molecule has 0 aromatic heterocycles. The van der Waals surface area contributed by atoms with Crippen LogP contribution in [0, 0.1) is 0 Å². The van der Waals surface area contributed by atoms with Crippen molar-refractivity contribution in [2.24, 2.45) is 0 Å². The number of carboxylic acid groups (broad SMARTS) is 1. The zero-order valence-corrected chi connectivity index (χ0v) is 11.5. The van der Waals surface area contributed by atoms with Crippen LogP contribution in [0.15, 0.2) is 0 Å². The molecule has 1 heterocycles. The molecule has 2 atom stereocenters. The SMILES string of the molecule is CC1CN(C(=O)N(CCC(=O)O)C2CC2)CC(C)O1. The van der Waals surface area contributed by atoms with E-state index in [1.807, 2.05) is 13.8 Å². The standard InChI is InChI=1S/C13H22N2O4/c1-9-7-14(8-10(2)19-9)13(18)15(11-3-4-11)6-5-12(16)17/h9-11H,3-8H2,1-2H3,(H,16,17). The van der Waals surface area contributed by atoms with E-state index < -0.39 is 5.97 Å². The van der Waals surface area contributed by atoms with Crippen LogP contribution in [0.3, 0.4) is 0 Å². The smallest absolute Gasteiger partial charge is 0.320 e. The molecular formula is C13H22N2O4. The number of rotatable bonds is 4. The number of morpholine rings is 1. The van der Waals surface area contributed by atoms with Crippen LogP contribution >= 0.6 is 0 Å². The molecule has 6 heteroatoms. The highest BCUT2D eigenvalue weighted by Crippen LogP contribution is 2.28. The first-order chi connectivity index (χ1) is 8.97. The van der Waals surface area contributed by atoms with Gasteiger partial charge in [0.1, 0.15) is 0 Å². The van der Waals surface area contributed by atoms with E-state index in [9.17, 15) is 9.59 Å². The van der Waals surface area contributed by atoms with Crippen LogP contribution in [0.4, 0.5) is 4.79 Å². The van der Waals surface area contributed by atoms with Crippen LogP contribution < -0.4 is 0 Å². The number of carboxylic acids is 1. The average molecular weight is 270 g/mol. The molecule has 1 N–H and O–H groups in total. The van der Waals surface area contributed by atoms with Gasteiger partial charge in [-0.3, -0.25) is 4.79 Å². The monoisotopic (exact) mass is 270 g/mol. The summed E-state index contributed by atoms with van der Waals surface area (Å²) in [5.74, 6) is -0.859. The number of ether oxygens (including phenoxy) is 1. The van der Waals surface area contributed by atoms with Crippen molar-refractivity contribution in [3.8, 4) is 0 Å². The lowest BCUT2D eigenvalue weighted by Gasteiger charge is -2.38. The van der Waals surface area contributed by atoms with Crippen LogP contribution in [0.1, 0.15) is 33.1 Å². The Morgan fingerprint density at radius 1 is 1.26 bits per heavy atom. The van der Waals surface area contributed by atoms with Crippen LogP contribution in [0.25, 0.3) is 0 Å². The molecule has 2 rings (SSSR count). The van der Waals surface area contributed by atoms with Gasteiger partial charge in [-0.1, -0.05) is 0 Å². The maximum Gasteiger partial charge on any atom is 0.320 e. The molecule has 0 radical (unpaired) electrons. The number of urea groups is 1. The molecule has 1 saturated carbocycles. The third-order valence-corrected chi connectivity index (χ3v) is 3.49. The van der Waals surface area contributed by atoms with Gasteiger partial charge in [0, 0.05) is 25.7 Å². The van der Waals surface area contributed by atoms with Crippen LogP contribution in [0.2, 0.25) is 0 Å². The topological polar surface area (TPSA) is 70.1 Å². The number of carbonyl (C=O) groups excluding carboxylic acids is 1. The van der Waals surface area contributed by atoms with Gasteiger partial charge < -0.3 is 19.6 Å². The first-order valence-electron chi connectivity index (χ1n) is 6.90. The number of aliphatic carboxylic acids is 1. The van der Waals surface area contributed by atoms with E-state index in [0.29, 0.717) is 19.6 Å². The zero-order valence-electron chi connectivity index (χ0n) is 11.5. The van der Waals surface area contributed by atoms with Gasteiger partial charge in [0.05, 0.1) is 18.6 Å². The summed E-state index contributed by atoms with van der Waals surface area (Å²) in [5.41, 5.74) is 0. The maximum absolute atomic E-state index is 12.5. The third kappa shape index (κ3) is 3.83. The van der Waals surface area contributed by atoms with Gasteiger partial charge in [-0.25, -0.2) is 4.79 Å². The molecule has 19 heavy (non-hydrogen) atoms. The summed E-state index contributed by atoms with van der Waals surface area (Å²) in [6, 6.07) is 0.200. The summed E-state index contributed by atoms with van der Waals surface area (Å²) in [4.78, 5) is 26.7. The molecule has 108 valence electrons. The Labute approximate surface area is 113 Å². The van der Waals surface area contributed by atoms with Crippen LogP contribution in [-0.2, 0) is 9.53 Å². The summed E-state index contributed by atoms with van der Waals surface area (Å²) in [6.07, 6.45) is 2.06. The first-order valence-corrected chi connectivity index (χ1v) is 6.90. The van der Waals surface area contributed by atoms with Crippen molar-refractivity contribution in [2.75, 3.05) is 19.6 Å². The van der Waals surface area contributed by atoms with Gasteiger partial charge in [0.25, 0.3) is 0 Å². The van der Waals surface area contributed by atoms with Crippen molar-refractivity contribution in [2.45, 2.75) is 51.4 Å². The van der Waals surface area contributed by atoms with Gasteiger partial charge >= 0.3 is 12.0 Å². The number of amides is 2. The maximum atomic E-state index is 12.5. The summed E-state index contributed by atoms with van der Waals surface area (Å²) < 4.78 is 5.61. The molecule has 1 aliphatic carbocycles. The molecule has 0 aromatic carbocycles. The highest BCUT2D eigenvalue weighted by molar-refractivity contribution is 5.76. The minimum atomic E-state index is -0.859. The lowest BCUT2D eigenvalue weighted by atomic mass is 10.2. The quantitative estimate of drug-likeness (QED) is 0.832. The molecule has 0 bridgehead atoms.